The van der Waals surface area contributed by atoms with Crippen molar-refractivity contribution in [3.63, 3.8) is 0 Å². The molecule has 0 amide bonds. The Balaban J connectivity index is 2.45. The largest absolute Gasteiger partial charge is 0.366 e. The molecule has 0 radical (unpaired) electrons. The summed E-state index contributed by atoms with van der Waals surface area (Å²) in [4.78, 5) is 3.82. The highest BCUT2D eigenvalue weighted by atomic mass is 15.4. The second-order valence-corrected chi connectivity index (χ2v) is 2.38. The summed E-state index contributed by atoms with van der Waals surface area (Å²) in [6.45, 7) is 0. The Hall–Kier alpha value is -1.84. The summed E-state index contributed by atoms with van der Waals surface area (Å²) in [5.74, 6) is 0.291. The van der Waals surface area contributed by atoms with Crippen molar-refractivity contribution < 1.29 is 0 Å². The molecule has 60 valence electrons. The summed E-state index contributed by atoms with van der Waals surface area (Å²) in [7, 11) is 0. The van der Waals surface area contributed by atoms with Gasteiger partial charge < -0.3 is 5.73 Å². The van der Waals surface area contributed by atoms with Crippen LogP contribution in [0, 0.1) is 0 Å². The van der Waals surface area contributed by atoms with E-state index in [1.54, 1.807) is 11.0 Å². The molecule has 0 saturated heterocycles. The highest BCUT2D eigenvalue weighted by Gasteiger charge is 1.96. The Morgan fingerprint density at radius 3 is 2.50 bits per heavy atom. The normalized spacial score (nSPS) is 10.0. The van der Waals surface area contributed by atoms with Crippen molar-refractivity contribution in [1.82, 2.24) is 14.8 Å². The molecule has 0 aliphatic heterocycles. The summed E-state index contributed by atoms with van der Waals surface area (Å²) in [5.41, 5.74) is 6.33. The number of hydrogen-bond donors (Lipinski definition) is 1. The minimum atomic E-state index is 0.291. The second kappa shape index (κ2) is 2.65. The molecule has 0 bridgehead atoms. The fraction of sp³-hybridized carbons (Fsp3) is 0. The van der Waals surface area contributed by atoms with Gasteiger partial charge in [-0.3, -0.25) is 0 Å². The van der Waals surface area contributed by atoms with Gasteiger partial charge in [-0.15, -0.1) is 5.10 Å². The summed E-state index contributed by atoms with van der Waals surface area (Å²) in [5, 5.41) is 3.96. The predicted molar refractivity (Wildman–Crippen MR) is 45.8 cm³/mol. The van der Waals surface area contributed by atoms with Crippen LogP contribution in [0.25, 0.3) is 5.69 Å². The second-order valence-electron chi connectivity index (χ2n) is 2.38. The Bertz CT molecular complexity index is 366. The standard InChI is InChI=1S/C8H8N4/c9-8-10-6-12(11-8)7-4-2-1-3-5-7/h1-6H,(H2,9,11). The summed E-state index contributed by atoms with van der Waals surface area (Å²) in [6, 6.07) is 9.70. The van der Waals surface area contributed by atoms with E-state index in [2.05, 4.69) is 10.1 Å². The maximum Gasteiger partial charge on any atom is 0.239 e. The molecule has 0 fully saturated rings. The third kappa shape index (κ3) is 1.14. The van der Waals surface area contributed by atoms with Crippen LogP contribution in [-0.2, 0) is 0 Å². The highest BCUT2D eigenvalue weighted by molar-refractivity contribution is 5.30. The lowest BCUT2D eigenvalue weighted by Gasteiger charge is -1.96. The minimum absolute atomic E-state index is 0.291. The number of rotatable bonds is 1. The fourth-order valence-corrected chi connectivity index (χ4v) is 0.981. The van der Waals surface area contributed by atoms with E-state index in [-0.39, 0.29) is 0 Å². The van der Waals surface area contributed by atoms with Crippen LogP contribution < -0.4 is 5.73 Å². The third-order valence-corrected chi connectivity index (χ3v) is 1.53. The molecule has 4 nitrogen and oxygen atoms in total. The van der Waals surface area contributed by atoms with Crippen molar-refractivity contribution >= 4 is 5.95 Å². The minimum Gasteiger partial charge on any atom is -0.366 e. The lowest BCUT2D eigenvalue weighted by atomic mass is 10.3. The number of nitrogens with zero attached hydrogens (tertiary/aromatic N) is 3. The average Bonchev–Trinajstić information content (AvgIpc) is 2.54. The first-order chi connectivity index (χ1) is 5.86. The molecule has 0 spiro atoms. The number of nitrogens with two attached hydrogens (primary N) is 1. The first-order valence-corrected chi connectivity index (χ1v) is 3.59. The predicted octanol–water partition coefficient (Wildman–Crippen LogP) is 0.850. The molecule has 0 atom stereocenters. The van der Waals surface area contributed by atoms with Crippen LogP contribution in [0.15, 0.2) is 36.7 Å². The topological polar surface area (TPSA) is 56.7 Å². The Kier molecular flexibility index (Phi) is 1.51. The molecule has 1 heterocycles. The lowest BCUT2D eigenvalue weighted by molar-refractivity contribution is 0.883. The molecule has 0 saturated carbocycles. The van der Waals surface area contributed by atoms with E-state index in [9.17, 15) is 0 Å². The van der Waals surface area contributed by atoms with E-state index in [1.807, 2.05) is 30.3 Å². The summed E-state index contributed by atoms with van der Waals surface area (Å²) in [6.07, 6.45) is 1.59. The van der Waals surface area contributed by atoms with Gasteiger partial charge in [-0.2, -0.15) is 0 Å². The molecule has 4 heteroatoms. The van der Waals surface area contributed by atoms with Crippen LogP contribution in [0.2, 0.25) is 0 Å². The van der Waals surface area contributed by atoms with Crippen LogP contribution in [0.4, 0.5) is 5.95 Å². The van der Waals surface area contributed by atoms with E-state index in [4.69, 9.17) is 5.73 Å². The molecular formula is C8H8N4. The summed E-state index contributed by atoms with van der Waals surface area (Å²) < 4.78 is 1.63. The quantitative estimate of drug-likeness (QED) is 0.672. The van der Waals surface area contributed by atoms with Crippen LogP contribution >= 0.6 is 0 Å². The molecule has 0 aliphatic carbocycles. The Labute approximate surface area is 69.7 Å². The van der Waals surface area contributed by atoms with Gasteiger partial charge in [-0.25, -0.2) is 9.67 Å². The van der Waals surface area contributed by atoms with Crippen LogP contribution in [0.3, 0.4) is 0 Å². The van der Waals surface area contributed by atoms with Gasteiger partial charge in [0.05, 0.1) is 5.69 Å². The SMILES string of the molecule is Nc1ncn(-c2ccccc2)n1. The van der Waals surface area contributed by atoms with Gasteiger partial charge in [-0.1, -0.05) is 18.2 Å². The molecule has 1 aromatic carbocycles. The van der Waals surface area contributed by atoms with E-state index in [1.165, 1.54) is 0 Å². The van der Waals surface area contributed by atoms with Gasteiger partial charge in [0.15, 0.2) is 0 Å². The maximum atomic E-state index is 5.37. The third-order valence-electron chi connectivity index (χ3n) is 1.53. The number of aromatic nitrogens is 3. The monoisotopic (exact) mass is 160 g/mol. The van der Waals surface area contributed by atoms with Crippen molar-refractivity contribution in [2.24, 2.45) is 0 Å². The molecular weight excluding hydrogens is 152 g/mol. The van der Waals surface area contributed by atoms with Gasteiger partial charge in [0.1, 0.15) is 6.33 Å². The molecule has 0 unspecified atom stereocenters. The van der Waals surface area contributed by atoms with Crippen molar-refractivity contribution in [3.05, 3.63) is 36.7 Å². The maximum absolute atomic E-state index is 5.37. The average molecular weight is 160 g/mol. The molecule has 2 rings (SSSR count). The van der Waals surface area contributed by atoms with Gasteiger partial charge in [0, 0.05) is 0 Å². The zero-order chi connectivity index (χ0) is 8.39. The number of anilines is 1. The van der Waals surface area contributed by atoms with Crippen molar-refractivity contribution in [2.45, 2.75) is 0 Å². The van der Waals surface area contributed by atoms with E-state index < -0.39 is 0 Å². The van der Waals surface area contributed by atoms with Crippen LogP contribution in [0.1, 0.15) is 0 Å². The first kappa shape index (κ1) is 6.84. The van der Waals surface area contributed by atoms with Crippen LogP contribution in [-0.4, -0.2) is 14.8 Å². The van der Waals surface area contributed by atoms with Crippen LogP contribution in [0.5, 0.6) is 0 Å². The van der Waals surface area contributed by atoms with E-state index >= 15 is 0 Å². The fourth-order valence-electron chi connectivity index (χ4n) is 0.981. The van der Waals surface area contributed by atoms with Gasteiger partial charge in [-0.05, 0) is 12.1 Å². The van der Waals surface area contributed by atoms with Crippen molar-refractivity contribution in [1.29, 1.82) is 0 Å². The Morgan fingerprint density at radius 1 is 1.17 bits per heavy atom. The van der Waals surface area contributed by atoms with E-state index in [0.717, 1.165) is 5.69 Å². The van der Waals surface area contributed by atoms with Crippen molar-refractivity contribution in [3.8, 4) is 5.69 Å². The molecule has 2 aromatic rings. The highest BCUT2D eigenvalue weighted by Crippen LogP contribution is 2.04. The van der Waals surface area contributed by atoms with E-state index in [0.29, 0.717) is 5.95 Å². The first-order valence-electron chi connectivity index (χ1n) is 3.59. The number of nitrogen functional groups attached to an aromatic ring is 1. The molecule has 1 aromatic heterocycles. The summed E-state index contributed by atoms with van der Waals surface area (Å²) >= 11 is 0. The molecule has 2 N–H and O–H groups in total. The van der Waals surface area contributed by atoms with Gasteiger partial charge in [0.2, 0.25) is 5.95 Å². The molecule has 0 aliphatic rings. The smallest absolute Gasteiger partial charge is 0.239 e. The van der Waals surface area contributed by atoms with Gasteiger partial charge >= 0.3 is 0 Å². The lowest BCUT2D eigenvalue weighted by Crippen LogP contribution is -1.95. The Morgan fingerprint density at radius 2 is 1.92 bits per heavy atom. The van der Waals surface area contributed by atoms with Crippen molar-refractivity contribution in [2.75, 3.05) is 5.73 Å². The molecule has 12 heavy (non-hydrogen) atoms. The van der Waals surface area contributed by atoms with Gasteiger partial charge in [0.25, 0.3) is 0 Å². The number of benzene rings is 1. The zero-order valence-corrected chi connectivity index (χ0v) is 6.38. The number of para-hydroxylation sites is 1. The zero-order valence-electron chi connectivity index (χ0n) is 6.38. The number of hydrogen-bond acceptors (Lipinski definition) is 3.